The molecule has 2 N–H and O–H groups in total. The summed E-state index contributed by atoms with van der Waals surface area (Å²) < 4.78 is 5.43. The molecular weight excluding hydrogens is 454 g/mol. The predicted molar refractivity (Wildman–Crippen MR) is 143 cm³/mol. The minimum absolute atomic E-state index is 0.247. The molecule has 0 aliphatic carbocycles. The van der Waals surface area contributed by atoms with Gasteiger partial charge in [0.2, 0.25) is 11.8 Å². The Morgan fingerprint density at radius 3 is 2.31 bits per heavy atom. The van der Waals surface area contributed by atoms with Crippen LogP contribution in [0.5, 0.6) is 0 Å². The summed E-state index contributed by atoms with van der Waals surface area (Å²) in [5, 5.41) is 5.72. The zero-order chi connectivity index (χ0) is 26.9. The number of carbonyl (C=O) groups excluding carboxylic acids is 3. The molecule has 196 valence electrons. The van der Waals surface area contributed by atoms with E-state index < -0.39 is 23.8 Å². The Kier molecular flexibility index (Phi) is 10.5. The second kappa shape index (κ2) is 13.1. The molecule has 0 spiro atoms. The highest BCUT2D eigenvalue weighted by Gasteiger charge is 2.34. The summed E-state index contributed by atoms with van der Waals surface area (Å²) in [4.78, 5) is 41.4. The summed E-state index contributed by atoms with van der Waals surface area (Å²) in [6, 6.07) is 13.6. The largest absolute Gasteiger partial charge is 0.444 e. The average Bonchev–Trinajstić information content (AvgIpc) is 2.80. The fraction of sp³-hybridized carbons (Fsp3) is 0.483. The summed E-state index contributed by atoms with van der Waals surface area (Å²) >= 11 is 0. The van der Waals surface area contributed by atoms with Gasteiger partial charge in [0, 0.05) is 20.0 Å². The molecule has 3 amide bonds. The van der Waals surface area contributed by atoms with Crippen LogP contribution in [0.2, 0.25) is 0 Å². The SMILES string of the molecule is CCCCNC(=O)C(c1cc(C)ccc1C)N(C)C(=O)C(Cc1ccccc1)NC(=O)OC(C)(C)C. The van der Waals surface area contributed by atoms with Gasteiger partial charge in [-0.25, -0.2) is 4.79 Å². The molecule has 0 saturated carbocycles. The summed E-state index contributed by atoms with van der Waals surface area (Å²) in [5.74, 6) is -0.620. The number of alkyl carbamates (subject to hydrolysis) is 1. The average molecular weight is 496 g/mol. The number of ether oxygens (including phenoxy) is 1. The third-order valence-corrected chi connectivity index (χ3v) is 5.81. The van der Waals surface area contributed by atoms with Crippen LogP contribution in [0.3, 0.4) is 0 Å². The zero-order valence-electron chi connectivity index (χ0n) is 22.7. The predicted octanol–water partition coefficient (Wildman–Crippen LogP) is 4.86. The molecular formula is C29H41N3O4. The molecule has 0 aromatic heterocycles. The molecule has 2 atom stereocenters. The number of amides is 3. The van der Waals surface area contributed by atoms with Gasteiger partial charge in [-0.1, -0.05) is 67.4 Å². The number of rotatable bonds is 10. The number of aryl methyl sites for hydroxylation is 2. The number of likely N-dealkylation sites (N-methyl/N-ethyl adjacent to an activating group) is 1. The fourth-order valence-electron chi connectivity index (χ4n) is 3.94. The summed E-state index contributed by atoms with van der Waals surface area (Å²) in [5.41, 5.74) is 2.84. The first-order chi connectivity index (χ1) is 16.9. The van der Waals surface area contributed by atoms with Crippen molar-refractivity contribution in [3.63, 3.8) is 0 Å². The standard InChI is InChI=1S/C29H41N3O4/c1-8-9-17-30-26(33)25(23-18-20(2)15-16-21(23)3)32(7)27(34)24(19-22-13-11-10-12-14-22)31-28(35)36-29(4,5)6/h10-16,18,24-25H,8-9,17,19H2,1-7H3,(H,30,33)(H,31,35). The highest BCUT2D eigenvalue weighted by Crippen LogP contribution is 2.26. The van der Waals surface area contributed by atoms with Crippen molar-refractivity contribution in [2.24, 2.45) is 0 Å². The normalized spacial score (nSPS) is 12.9. The molecule has 2 unspecified atom stereocenters. The van der Waals surface area contributed by atoms with Gasteiger partial charge in [0.1, 0.15) is 17.7 Å². The Hall–Kier alpha value is -3.35. The smallest absolute Gasteiger partial charge is 0.408 e. The number of unbranched alkanes of at least 4 members (excludes halogenated alkanes) is 1. The Morgan fingerprint density at radius 1 is 1.03 bits per heavy atom. The lowest BCUT2D eigenvalue weighted by molar-refractivity contribution is -0.140. The minimum atomic E-state index is -0.914. The number of benzene rings is 2. The molecule has 7 nitrogen and oxygen atoms in total. The highest BCUT2D eigenvalue weighted by atomic mass is 16.6. The molecule has 0 radical (unpaired) electrons. The van der Waals surface area contributed by atoms with Crippen LogP contribution < -0.4 is 10.6 Å². The van der Waals surface area contributed by atoms with Crippen molar-refractivity contribution in [3.8, 4) is 0 Å². The summed E-state index contributed by atoms with van der Waals surface area (Å²) in [6.07, 6.45) is 1.38. The van der Waals surface area contributed by atoms with Gasteiger partial charge in [-0.3, -0.25) is 9.59 Å². The van der Waals surface area contributed by atoms with E-state index in [4.69, 9.17) is 4.74 Å². The van der Waals surface area contributed by atoms with Gasteiger partial charge >= 0.3 is 6.09 Å². The lowest BCUT2D eigenvalue weighted by Gasteiger charge is -2.32. The molecule has 0 fully saturated rings. The molecule has 7 heteroatoms. The van der Waals surface area contributed by atoms with Crippen molar-refractivity contribution in [3.05, 3.63) is 70.8 Å². The monoisotopic (exact) mass is 495 g/mol. The Labute approximate surface area is 215 Å². The molecule has 0 aliphatic rings. The van der Waals surface area contributed by atoms with E-state index in [-0.39, 0.29) is 18.2 Å². The van der Waals surface area contributed by atoms with Gasteiger partial charge < -0.3 is 20.3 Å². The number of nitrogens with one attached hydrogen (secondary N) is 2. The maximum Gasteiger partial charge on any atom is 0.408 e. The molecule has 36 heavy (non-hydrogen) atoms. The lowest BCUT2D eigenvalue weighted by Crippen LogP contribution is -2.52. The third kappa shape index (κ3) is 8.70. The molecule has 2 aromatic rings. The van der Waals surface area contributed by atoms with E-state index in [0.29, 0.717) is 6.54 Å². The van der Waals surface area contributed by atoms with E-state index in [9.17, 15) is 14.4 Å². The Bertz CT molecular complexity index is 1030. The van der Waals surface area contributed by atoms with Crippen molar-refractivity contribution in [1.82, 2.24) is 15.5 Å². The van der Waals surface area contributed by atoms with Crippen LogP contribution in [-0.4, -0.2) is 48.0 Å². The fourth-order valence-corrected chi connectivity index (χ4v) is 3.94. The van der Waals surface area contributed by atoms with Crippen LogP contribution in [0.1, 0.15) is 68.8 Å². The van der Waals surface area contributed by atoms with Crippen LogP contribution in [0.4, 0.5) is 4.79 Å². The Balaban J connectivity index is 2.41. The van der Waals surface area contributed by atoms with Crippen LogP contribution in [0.25, 0.3) is 0 Å². The van der Waals surface area contributed by atoms with Gasteiger partial charge in [-0.05, 0) is 57.7 Å². The zero-order valence-corrected chi connectivity index (χ0v) is 22.7. The van der Waals surface area contributed by atoms with Crippen molar-refractivity contribution in [2.45, 2.75) is 78.5 Å². The van der Waals surface area contributed by atoms with Crippen LogP contribution >= 0.6 is 0 Å². The first-order valence-electron chi connectivity index (χ1n) is 12.6. The molecule has 0 saturated heterocycles. The van der Waals surface area contributed by atoms with Crippen LogP contribution in [0.15, 0.2) is 48.5 Å². The quantitative estimate of drug-likeness (QED) is 0.461. The van der Waals surface area contributed by atoms with Crippen LogP contribution in [-0.2, 0) is 20.7 Å². The molecule has 0 heterocycles. The van der Waals surface area contributed by atoms with Crippen molar-refractivity contribution in [1.29, 1.82) is 0 Å². The summed E-state index contributed by atoms with van der Waals surface area (Å²) in [6.45, 7) is 11.8. The topological polar surface area (TPSA) is 87.7 Å². The van der Waals surface area contributed by atoms with Crippen molar-refractivity contribution >= 4 is 17.9 Å². The minimum Gasteiger partial charge on any atom is -0.444 e. The molecule has 0 aliphatic heterocycles. The van der Waals surface area contributed by atoms with E-state index in [1.54, 1.807) is 27.8 Å². The molecule has 2 aromatic carbocycles. The van der Waals surface area contributed by atoms with Gasteiger partial charge in [0.15, 0.2) is 0 Å². The highest BCUT2D eigenvalue weighted by molar-refractivity contribution is 5.92. The van der Waals surface area contributed by atoms with Gasteiger partial charge in [0.05, 0.1) is 0 Å². The molecule has 0 bridgehead atoms. The summed E-state index contributed by atoms with van der Waals surface area (Å²) in [7, 11) is 1.61. The maximum atomic E-state index is 13.9. The van der Waals surface area contributed by atoms with E-state index in [2.05, 4.69) is 17.6 Å². The van der Waals surface area contributed by atoms with Gasteiger partial charge in [-0.2, -0.15) is 0 Å². The molecule has 2 rings (SSSR count). The van der Waals surface area contributed by atoms with E-state index in [0.717, 1.165) is 35.1 Å². The van der Waals surface area contributed by atoms with Gasteiger partial charge in [0.25, 0.3) is 0 Å². The second-order valence-electron chi connectivity index (χ2n) is 10.2. The second-order valence-corrected chi connectivity index (χ2v) is 10.2. The third-order valence-electron chi connectivity index (χ3n) is 5.81. The number of carbonyl (C=O) groups is 3. The number of nitrogens with zero attached hydrogens (tertiary/aromatic N) is 1. The van der Waals surface area contributed by atoms with E-state index in [1.807, 2.05) is 62.4 Å². The van der Waals surface area contributed by atoms with E-state index >= 15 is 0 Å². The number of hydrogen-bond donors (Lipinski definition) is 2. The van der Waals surface area contributed by atoms with Crippen molar-refractivity contribution in [2.75, 3.05) is 13.6 Å². The van der Waals surface area contributed by atoms with Crippen LogP contribution in [0, 0.1) is 13.8 Å². The first kappa shape index (κ1) is 28.9. The van der Waals surface area contributed by atoms with Gasteiger partial charge in [-0.15, -0.1) is 0 Å². The lowest BCUT2D eigenvalue weighted by atomic mass is 9.96. The maximum absolute atomic E-state index is 13.9. The van der Waals surface area contributed by atoms with E-state index in [1.165, 1.54) is 4.90 Å². The Morgan fingerprint density at radius 2 is 1.69 bits per heavy atom. The van der Waals surface area contributed by atoms with Crippen molar-refractivity contribution < 1.29 is 19.1 Å². The number of hydrogen-bond acceptors (Lipinski definition) is 4. The first-order valence-corrected chi connectivity index (χ1v) is 12.6.